The maximum absolute atomic E-state index is 13.9. The van der Waals surface area contributed by atoms with E-state index in [0.717, 1.165) is 30.8 Å². The Morgan fingerprint density at radius 2 is 1.77 bits per heavy atom. The number of fused-ring (bicyclic) bond motifs is 1. The fourth-order valence-corrected chi connectivity index (χ4v) is 4.87. The highest BCUT2D eigenvalue weighted by Crippen LogP contribution is 2.38. The molecule has 2 aromatic carbocycles. The molecule has 2 aromatic rings. The van der Waals surface area contributed by atoms with Crippen LogP contribution in [0.4, 0.5) is 20.6 Å². The van der Waals surface area contributed by atoms with Crippen molar-refractivity contribution in [2.24, 2.45) is 5.92 Å². The number of benzene rings is 2. The smallest absolute Gasteiger partial charge is 0.408 e. The van der Waals surface area contributed by atoms with Gasteiger partial charge in [-0.25, -0.2) is 9.18 Å². The molecule has 39 heavy (non-hydrogen) atoms. The number of anilines is 2. The molecule has 1 aliphatic carbocycles. The Balaban J connectivity index is 1.61. The fraction of sp³-hybridized carbons (Fsp3) is 0.500. The number of halogens is 1. The van der Waals surface area contributed by atoms with Crippen LogP contribution >= 0.6 is 0 Å². The van der Waals surface area contributed by atoms with Crippen molar-refractivity contribution in [3.8, 4) is 0 Å². The van der Waals surface area contributed by atoms with Crippen LogP contribution in [-0.2, 0) is 20.7 Å². The second-order valence-corrected chi connectivity index (χ2v) is 11.7. The quantitative estimate of drug-likeness (QED) is 0.519. The van der Waals surface area contributed by atoms with Crippen LogP contribution in [0.1, 0.15) is 53.0 Å². The summed E-state index contributed by atoms with van der Waals surface area (Å²) in [5.74, 6) is -0.635. The first-order chi connectivity index (χ1) is 18.4. The number of nitrogens with one attached hydrogen (secondary N) is 2. The summed E-state index contributed by atoms with van der Waals surface area (Å²) in [5.41, 5.74) is 1.54. The summed E-state index contributed by atoms with van der Waals surface area (Å²) in [6.07, 6.45) is 1.56. The lowest BCUT2D eigenvalue weighted by Crippen LogP contribution is -2.58. The maximum atomic E-state index is 13.9. The standard InChI is InChI=1S/C30H39FN4O4/c1-19(2)35-26-12-7-6-11-25(26)34(17-20-13-14-20)18-24(28(35)37)32-27(36)23(33-29(38)39-30(3,4)5)16-21-9-8-10-22(31)15-21/h6-12,15,19-20,23-24H,13-14,16-18H2,1-5H3,(H,32,36)(H,33,38)/t23-,24-/m1/s1. The summed E-state index contributed by atoms with van der Waals surface area (Å²) in [7, 11) is 0. The van der Waals surface area contributed by atoms with Crippen LogP contribution in [0.5, 0.6) is 0 Å². The third-order valence-corrected chi connectivity index (χ3v) is 6.77. The van der Waals surface area contributed by atoms with Crippen molar-refractivity contribution < 1.29 is 23.5 Å². The predicted molar refractivity (Wildman–Crippen MR) is 149 cm³/mol. The molecule has 8 nitrogen and oxygen atoms in total. The molecule has 1 heterocycles. The Morgan fingerprint density at radius 3 is 2.38 bits per heavy atom. The van der Waals surface area contributed by atoms with E-state index in [1.54, 1.807) is 37.8 Å². The second kappa shape index (κ2) is 11.6. The van der Waals surface area contributed by atoms with E-state index in [4.69, 9.17) is 4.74 Å². The minimum absolute atomic E-state index is 0.0314. The van der Waals surface area contributed by atoms with Gasteiger partial charge in [0.05, 0.1) is 11.4 Å². The average Bonchev–Trinajstić information content (AvgIpc) is 3.66. The van der Waals surface area contributed by atoms with E-state index < -0.39 is 35.5 Å². The Morgan fingerprint density at radius 1 is 1.08 bits per heavy atom. The van der Waals surface area contributed by atoms with Crippen molar-refractivity contribution in [1.29, 1.82) is 0 Å². The number of carbonyl (C=O) groups is 3. The van der Waals surface area contributed by atoms with Gasteiger partial charge in [-0.3, -0.25) is 9.59 Å². The van der Waals surface area contributed by atoms with Crippen LogP contribution < -0.4 is 20.4 Å². The summed E-state index contributed by atoms with van der Waals surface area (Å²) < 4.78 is 19.3. The number of hydrogen-bond donors (Lipinski definition) is 2. The highest BCUT2D eigenvalue weighted by molar-refractivity contribution is 6.04. The molecule has 210 valence electrons. The first kappa shape index (κ1) is 28.4. The molecule has 1 aliphatic heterocycles. The Kier molecular flexibility index (Phi) is 8.47. The number of para-hydroxylation sites is 2. The highest BCUT2D eigenvalue weighted by atomic mass is 19.1. The fourth-order valence-electron chi connectivity index (χ4n) is 4.87. The van der Waals surface area contributed by atoms with E-state index >= 15 is 0 Å². The summed E-state index contributed by atoms with van der Waals surface area (Å²) in [6, 6.07) is 11.6. The molecule has 1 fully saturated rings. The Bertz CT molecular complexity index is 1210. The van der Waals surface area contributed by atoms with Crippen LogP contribution in [0, 0.1) is 11.7 Å². The molecule has 2 N–H and O–H groups in total. The van der Waals surface area contributed by atoms with E-state index in [9.17, 15) is 18.8 Å². The van der Waals surface area contributed by atoms with Gasteiger partial charge in [-0.05, 0) is 83.2 Å². The first-order valence-electron chi connectivity index (χ1n) is 13.6. The van der Waals surface area contributed by atoms with Crippen molar-refractivity contribution in [3.63, 3.8) is 0 Å². The van der Waals surface area contributed by atoms with Crippen LogP contribution in [0.3, 0.4) is 0 Å². The van der Waals surface area contributed by atoms with Gasteiger partial charge in [0.2, 0.25) is 5.91 Å². The Hall–Kier alpha value is -3.62. The molecule has 1 saturated carbocycles. The van der Waals surface area contributed by atoms with Gasteiger partial charge in [-0.15, -0.1) is 0 Å². The topological polar surface area (TPSA) is 91.0 Å². The highest BCUT2D eigenvalue weighted by Gasteiger charge is 2.38. The number of nitrogens with zero attached hydrogens (tertiary/aromatic N) is 2. The van der Waals surface area contributed by atoms with Gasteiger partial charge in [0, 0.05) is 25.6 Å². The molecule has 0 unspecified atom stereocenters. The number of rotatable bonds is 8. The van der Waals surface area contributed by atoms with Crippen molar-refractivity contribution in [2.75, 3.05) is 22.9 Å². The maximum Gasteiger partial charge on any atom is 0.408 e. The minimum Gasteiger partial charge on any atom is -0.444 e. The van der Waals surface area contributed by atoms with Crippen molar-refractivity contribution in [2.45, 2.75) is 77.6 Å². The molecule has 0 bridgehead atoms. The third kappa shape index (κ3) is 7.49. The van der Waals surface area contributed by atoms with Crippen molar-refractivity contribution in [1.82, 2.24) is 10.6 Å². The number of ether oxygens (including phenoxy) is 1. The number of alkyl carbamates (subject to hydrolysis) is 1. The molecular weight excluding hydrogens is 499 g/mol. The van der Waals surface area contributed by atoms with Gasteiger partial charge in [-0.1, -0.05) is 24.3 Å². The molecule has 9 heteroatoms. The van der Waals surface area contributed by atoms with Crippen LogP contribution in [0.25, 0.3) is 0 Å². The van der Waals surface area contributed by atoms with Crippen LogP contribution in [0.2, 0.25) is 0 Å². The molecule has 3 amide bonds. The third-order valence-electron chi connectivity index (χ3n) is 6.77. The minimum atomic E-state index is -1.08. The average molecular weight is 539 g/mol. The first-order valence-corrected chi connectivity index (χ1v) is 13.6. The lowest BCUT2D eigenvalue weighted by molar-refractivity contribution is -0.128. The molecule has 2 aliphatic rings. The second-order valence-electron chi connectivity index (χ2n) is 11.7. The summed E-state index contributed by atoms with van der Waals surface area (Å²) in [4.78, 5) is 44.1. The van der Waals surface area contributed by atoms with Crippen molar-refractivity contribution >= 4 is 29.3 Å². The van der Waals surface area contributed by atoms with E-state index in [1.165, 1.54) is 12.1 Å². The molecule has 0 spiro atoms. The van der Waals surface area contributed by atoms with Crippen LogP contribution in [-0.4, -0.2) is 54.7 Å². The molecule has 4 rings (SSSR count). The monoisotopic (exact) mass is 538 g/mol. The Labute approximate surface area is 229 Å². The zero-order valence-corrected chi connectivity index (χ0v) is 23.4. The van der Waals surface area contributed by atoms with Crippen molar-refractivity contribution in [3.05, 3.63) is 59.9 Å². The summed E-state index contributed by atoms with van der Waals surface area (Å²) in [5, 5.41) is 5.55. The molecule has 0 radical (unpaired) electrons. The van der Waals surface area contributed by atoms with E-state index in [-0.39, 0.29) is 18.4 Å². The van der Waals surface area contributed by atoms with Gasteiger partial charge in [-0.2, -0.15) is 0 Å². The predicted octanol–water partition coefficient (Wildman–Crippen LogP) is 4.42. The largest absolute Gasteiger partial charge is 0.444 e. The van der Waals surface area contributed by atoms with Gasteiger partial charge in [0.15, 0.2) is 0 Å². The lowest BCUT2D eigenvalue weighted by Gasteiger charge is -2.30. The van der Waals surface area contributed by atoms with Gasteiger partial charge >= 0.3 is 6.09 Å². The molecule has 0 aromatic heterocycles. The molecule has 2 atom stereocenters. The van der Waals surface area contributed by atoms with Gasteiger partial charge in [0.25, 0.3) is 5.91 Å². The number of hydrogen-bond acceptors (Lipinski definition) is 5. The zero-order chi connectivity index (χ0) is 28.3. The van der Waals surface area contributed by atoms with E-state index in [1.807, 2.05) is 38.1 Å². The lowest BCUT2D eigenvalue weighted by atomic mass is 10.0. The molecule has 0 saturated heterocycles. The van der Waals surface area contributed by atoms with E-state index in [2.05, 4.69) is 15.5 Å². The SMILES string of the molecule is CC(C)N1C(=O)[C@H](NC(=O)[C@@H](Cc2cccc(F)c2)NC(=O)OC(C)(C)C)CN(CC2CC2)c2ccccc21. The number of carbonyl (C=O) groups excluding carboxylic acids is 3. The van der Waals surface area contributed by atoms with Gasteiger partial charge in [0.1, 0.15) is 23.5 Å². The summed E-state index contributed by atoms with van der Waals surface area (Å²) in [6.45, 7) is 10.2. The van der Waals surface area contributed by atoms with Crippen LogP contribution in [0.15, 0.2) is 48.5 Å². The normalized spacial score (nSPS) is 18.3. The number of amides is 3. The van der Waals surface area contributed by atoms with Gasteiger partial charge < -0.3 is 25.2 Å². The summed E-state index contributed by atoms with van der Waals surface area (Å²) >= 11 is 0. The van der Waals surface area contributed by atoms with E-state index in [0.29, 0.717) is 18.0 Å². The zero-order valence-electron chi connectivity index (χ0n) is 23.4. The molecular formula is C30H39FN4O4.